The molecule has 2 rings (SSSR count). The number of non-ortho nitro benzene ring substituents is 2. The van der Waals surface area contributed by atoms with E-state index in [2.05, 4.69) is 0 Å². The first-order chi connectivity index (χ1) is 9.97. The molecule has 0 unspecified atom stereocenters. The highest BCUT2D eigenvalue weighted by molar-refractivity contribution is 5.73. The monoisotopic (exact) mass is 286 g/mol. The first-order valence-corrected chi connectivity index (χ1v) is 5.87. The third-order valence-corrected chi connectivity index (χ3v) is 2.78. The minimum atomic E-state index is -0.594. The van der Waals surface area contributed by atoms with Crippen molar-refractivity contribution in [3.05, 3.63) is 73.8 Å². The van der Waals surface area contributed by atoms with Crippen molar-refractivity contribution in [1.29, 1.82) is 0 Å². The molecule has 106 valence electrons. The van der Waals surface area contributed by atoms with E-state index < -0.39 is 9.85 Å². The van der Waals surface area contributed by atoms with Gasteiger partial charge in [0, 0.05) is 23.8 Å². The van der Waals surface area contributed by atoms with Crippen LogP contribution in [0.15, 0.2) is 42.5 Å². The average molecular weight is 286 g/mol. The lowest BCUT2D eigenvalue weighted by atomic mass is 10.1. The van der Waals surface area contributed by atoms with Crippen LogP contribution in [0.2, 0.25) is 0 Å². The fourth-order valence-corrected chi connectivity index (χ4v) is 1.68. The second-order valence-corrected chi connectivity index (χ2v) is 4.18. The van der Waals surface area contributed by atoms with Crippen molar-refractivity contribution >= 4 is 23.5 Å². The zero-order chi connectivity index (χ0) is 15.4. The fourth-order valence-electron chi connectivity index (χ4n) is 1.68. The zero-order valence-electron chi connectivity index (χ0n) is 10.7. The minimum absolute atomic E-state index is 0.00895. The van der Waals surface area contributed by atoms with Crippen molar-refractivity contribution in [2.45, 2.75) is 0 Å². The molecule has 2 aromatic carbocycles. The second kappa shape index (κ2) is 5.83. The van der Waals surface area contributed by atoms with E-state index in [1.807, 2.05) is 0 Å². The number of nitro groups is 2. The van der Waals surface area contributed by atoms with E-state index in [0.29, 0.717) is 11.1 Å². The summed E-state index contributed by atoms with van der Waals surface area (Å²) in [4.78, 5) is 20.0. The maximum absolute atomic E-state index is 10.6. The zero-order valence-corrected chi connectivity index (χ0v) is 10.7. The molecule has 2 aromatic rings. The lowest BCUT2D eigenvalue weighted by molar-refractivity contribution is -0.385. The topological polar surface area (TPSA) is 107 Å². The number of hydrogen-bond acceptors (Lipinski definition) is 5. The van der Waals surface area contributed by atoms with Gasteiger partial charge in [0.2, 0.25) is 0 Å². The van der Waals surface area contributed by atoms with Crippen molar-refractivity contribution in [2.75, 3.05) is 0 Å². The highest BCUT2D eigenvalue weighted by atomic mass is 16.6. The molecule has 0 heterocycles. The number of nitro benzene ring substituents is 2. The molecule has 0 saturated heterocycles. The maximum Gasteiger partial charge on any atom is 0.273 e. The van der Waals surface area contributed by atoms with E-state index in [-0.39, 0.29) is 17.1 Å². The first-order valence-electron chi connectivity index (χ1n) is 5.87. The van der Waals surface area contributed by atoms with E-state index in [1.54, 1.807) is 24.3 Å². The average Bonchev–Trinajstić information content (AvgIpc) is 2.46. The Balaban J connectivity index is 2.21. The Morgan fingerprint density at radius 2 is 1.43 bits per heavy atom. The van der Waals surface area contributed by atoms with Crippen LogP contribution in [0.4, 0.5) is 11.4 Å². The molecule has 0 atom stereocenters. The van der Waals surface area contributed by atoms with Gasteiger partial charge in [-0.3, -0.25) is 20.2 Å². The Labute approximate surface area is 119 Å². The largest absolute Gasteiger partial charge is 0.507 e. The van der Waals surface area contributed by atoms with Gasteiger partial charge in [-0.2, -0.15) is 0 Å². The van der Waals surface area contributed by atoms with Crippen molar-refractivity contribution in [1.82, 2.24) is 0 Å². The maximum atomic E-state index is 10.6. The third-order valence-electron chi connectivity index (χ3n) is 2.78. The van der Waals surface area contributed by atoms with E-state index in [9.17, 15) is 25.3 Å². The van der Waals surface area contributed by atoms with Crippen LogP contribution >= 0.6 is 0 Å². The van der Waals surface area contributed by atoms with Gasteiger partial charge in [-0.05, 0) is 23.8 Å². The summed E-state index contributed by atoms with van der Waals surface area (Å²) in [7, 11) is 0. The molecule has 1 N–H and O–H groups in total. The van der Waals surface area contributed by atoms with Crippen molar-refractivity contribution in [3.63, 3.8) is 0 Å². The van der Waals surface area contributed by atoms with Crippen LogP contribution in [0.25, 0.3) is 12.2 Å². The summed E-state index contributed by atoms with van der Waals surface area (Å²) in [5, 5.41) is 30.8. The summed E-state index contributed by atoms with van der Waals surface area (Å²) >= 11 is 0. The Morgan fingerprint density at radius 3 is 1.95 bits per heavy atom. The molecule has 0 aliphatic rings. The molecule has 0 amide bonds. The number of hydrogen-bond donors (Lipinski definition) is 1. The summed E-state index contributed by atoms with van der Waals surface area (Å²) in [5.41, 5.74) is 0.919. The molecule has 7 heteroatoms. The molecule has 0 fully saturated rings. The number of aromatic hydroxyl groups is 1. The van der Waals surface area contributed by atoms with E-state index >= 15 is 0 Å². The lowest BCUT2D eigenvalue weighted by Crippen LogP contribution is -1.88. The van der Waals surface area contributed by atoms with Crippen molar-refractivity contribution in [3.8, 4) is 5.75 Å². The number of phenolic OH excluding ortho intramolecular Hbond substituents is 1. The highest BCUT2D eigenvalue weighted by Crippen LogP contribution is 2.25. The predicted molar refractivity (Wildman–Crippen MR) is 76.8 cm³/mol. The van der Waals surface area contributed by atoms with E-state index in [4.69, 9.17) is 0 Å². The summed E-state index contributed by atoms with van der Waals surface area (Å²) in [6, 6.07) is 9.65. The Kier molecular flexibility index (Phi) is 3.94. The number of phenols is 1. The molecular weight excluding hydrogens is 276 g/mol. The Bertz CT molecular complexity index is 723. The highest BCUT2D eigenvalue weighted by Gasteiger charge is 2.08. The van der Waals surface area contributed by atoms with Crippen LogP contribution in [0.5, 0.6) is 5.75 Å². The van der Waals surface area contributed by atoms with Crippen LogP contribution < -0.4 is 0 Å². The Morgan fingerprint density at radius 1 is 0.857 bits per heavy atom. The van der Waals surface area contributed by atoms with Gasteiger partial charge in [0.25, 0.3) is 11.4 Å². The van der Waals surface area contributed by atoms with Crippen molar-refractivity contribution < 1.29 is 15.0 Å². The lowest BCUT2D eigenvalue weighted by Gasteiger charge is -1.99. The molecule has 0 bridgehead atoms. The van der Waals surface area contributed by atoms with Gasteiger partial charge in [-0.1, -0.05) is 12.2 Å². The standard InChI is InChI=1S/C14H10N2O5/c17-14-9-13(16(20)21)8-5-11(14)4-1-10-2-6-12(7-3-10)15(18)19/h1-9,17H. The summed E-state index contributed by atoms with van der Waals surface area (Å²) < 4.78 is 0. The van der Waals surface area contributed by atoms with Crippen LogP contribution in [0.1, 0.15) is 11.1 Å². The van der Waals surface area contributed by atoms with Gasteiger partial charge < -0.3 is 5.11 Å². The third kappa shape index (κ3) is 3.41. The fraction of sp³-hybridized carbons (Fsp3) is 0. The number of benzene rings is 2. The van der Waals surface area contributed by atoms with Crippen LogP contribution in [-0.4, -0.2) is 15.0 Å². The van der Waals surface area contributed by atoms with Crippen LogP contribution in [0.3, 0.4) is 0 Å². The number of rotatable bonds is 4. The Hall–Kier alpha value is -3.22. The molecule has 0 spiro atoms. The summed E-state index contributed by atoms with van der Waals surface area (Å²) in [5.74, 6) is -0.206. The second-order valence-electron chi connectivity index (χ2n) is 4.18. The van der Waals surface area contributed by atoms with Gasteiger partial charge in [-0.15, -0.1) is 0 Å². The molecule has 0 aliphatic carbocycles. The smallest absolute Gasteiger partial charge is 0.273 e. The molecule has 0 aromatic heterocycles. The van der Waals surface area contributed by atoms with Gasteiger partial charge in [-0.25, -0.2) is 0 Å². The van der Waals surface area contributed by atoms with Gasteiger partial charge in [0.05, 0.1) is 15.9 Å². The van der Waals surface area contributed by atoms with Crippen LogP contribution in [0, 0.1) is 20.2 Å². The van der Waals surface area contributed by atoms with E-state index in [0.717, 1.165) is 6.07 Å². The molecule has 0 aliphatic heterocycles. The SMILES string of the molecule is O=[N+]([O-])c1ccc(C=Cc2ccc([N+](=O)[O-])cc2O)cc1. The van der Waals surface area contributed by atoms with Gasteiger partial charge >= 0.3 is 0 Å². The van der Waals surface area contributed by atoms with Gasteiger partial charge in [0.1, 0.15) is 5.75 Å². The molecule has 21 heavy (non-hydrogen) atoms. The molecule has 0 radical (unpaired) electrons. The van der Waals surface area contributed by atoms with E-state index in [1.165, 1.54) is 24.3 Å². The summed E-state index contributed by atoms with van der Waals surface area (Å²) in [6.07, 6.45) is 3.21. The molecule has 7 nitrogen and oxygen atoms in total. The first kappa shape index (κ1) is 14.2. The number of nitrogens with zero attached hydrogens (tertiary/aromatic N) is 2. The minimum Gasteiger partial charge on any atom is -0.507 e. The summed E-state index contributed by atoms with van der Waals surface area (Å²) in [6.45, 7) is 0. The quantitative estimate of drug-likeness (QED) is 0.526. The molecular formula is C14H10N2O5. The van der Waals surface area contributed by atoms with Gasteiger partial charge in [0.15, 0.2) is 0 Å². The normalized spacial score (nSPS) is 10.7. The molecule has 0 saturated carbocycles. The predicted octanol–water partition coefficient (Wildman–Crippen LogP) is 3.38. The van der Waals surface area contributed by atoms with Crippen molar-refractivity contribution in [2.24, 2.45) is 0 Å². The van der Waals surface area contributed by atoms with Crippen LogP contribution in [-0.2, 0) is 0 Å².